The number of halogens is 9. The molecule has 3 fully saturated rings. The molecule has 0 radical (unpaired) electrons. The average Bonchev–Trinajstić information content (AvgIpc) is 0.823. The van der Waals surface area contributed by atoms with E-state index in [2.05, 4.69) is 18.9 Å². The first-order valence-electron chi connectivity index (χ1n) is 36.9. The maximum Gasteiger partial charge on any atom is 0.511 e. The van der Waals surface area contributed by atoms with Crippen LogP contribution in [0.15, 0.2) is 54.6 Å². The summed E-state index contributed by atoms with van der Waals surface area (Å²) in [4.78, 5) is 119. The van der Waals surface area contributed by atoms with E-state index in [9.17, 15) is 82.7 Å². The van der Waals surface area contributed by atoms with E-state index in [1.54, 1.807) is 87.4 Å². The van der Waals surface area contributed by atoms with Gasteiger partial charge in [0, 0.05) is 129 Å². The van der Waals surface area contributed by atoms with E-state index in [0.717, 1.165) is 54.2 Å². The Kier molecular flexibility index (Phi) is 35.7. The zero-order valence-electron chi connectivity index (χ0n) is 68.2. The van der Waals surface area contributed by atoms with Crippen LogP contribution in [0.2, 0.25) is 0 Å². The number of hydrogen-bond acceptors (Lipinski definition) is 25. The van der Waals surface area contributed by atoms with Crippen LogP contribution < -0.4 is 14.2 Å². The topological polar surface area (TPSA) is 293 Å². The van der Waals surface area contributed by atoms with Crippen LogP contribution in [-0.2, 0) is 91.0 Å². The molecule has 3 amide bonds. The summed E-state index contributed by atoms with van der Waals surface area (Å²) in [5, 5.41) is 0. The molecule has 3 heterocycles. The number of nitrogens with zero attached hydrogens (tertiary/aromatic N) is 6. The predicted molar refractivity (Wildman–Crippen MR) is 391 cm³/mol. The molecule has 37 heteroatoms. The normalized spacial score (nSPS) is 16.3. The van der Waals surface area contributed by atoms with Crippen molar-refractivity contribution in [3.8, 4) is 17.2 Å². The first-order chi connectivity index (χ1) is 52.5. The fourth-order valence-electron chi connectivity index (χ4n) is 10.2. The van der Waals surface area contributed by atoms with Gasteiger partial charge in [0.25, 0.3) is 0 Å². The summed E-state index contributed by atoms with van der Waals surface area (Å²) in [6.45, 7) is 34.5. The molecule has 0 aromatic heterocycles. The molecule has 3 aromatic rings. The molecule has 28 nitrogen and oxygen atoms in total. The highest BCUT2D eigenvalue weighted by Gasteiger charge is 2.44. The Labute approximate surface area is 658 Å². The molecule has 114 heavy (non-hydrogen) atoms. The second-order valence-corrected chi connectivity index (χ2v) is 30.2. The lowest BCUT2D eigenvalue weighted by Crippen LogP contribution is -2.49. The van der Waals surface area contributed by atoms with Crippen LogP contribution in [0.3, 0.4) is 0 Å². The van der Waals surface area contributed by atoms with Crippen LogP contribution in [0.4, 0.5) is 58.7 Å². The average molecular weight is 1640 g/mol. The highest BCUT2D eigenvalue weighted by molar-refractivity contribution is 5.81. The highest BCUT2D eigenvalue weighted by Crippen LogP contribution is 2.33. The van der Waals surface area contributed by atoms with E-state index in [1.807, 2.05) is 71.9 Å². The first-order valence-corrected chi connectivity index (χ1v) is 36.9. The zero-order chi connectivity index (χ0) is 86.4. The van der Waals surface area contributed by atoms with Gasteiger partial charge in [-0.15, -0.1) is 0 Å². The predicted octanol–water partition coefficient (Wildman–Crippen LogP) is 13.3. The van der Waals surface area contributed by atoms with E-state index in [4.69, 9.17) is 42.6 Å². The fourth-order valence-corrected chi connectivity index (χ4v) is 10.2. The first kappa shape index (κ1) is 97.1. The summed E-state index contributed by atoms with van der Waals surface area (Å²) in [7, 11) is 0. The van der Waals surface area contributed by atoms with Gasteiger partial charge in [0.1, 0.15) is 17.2 Å². The molecule has 3 saturated heterocycles. The molecular formula is C77H109F9N6O22. The smallest absolute Gasteiger partial charge is 0.476 e. The fraction of sp³-hybridized carbons (Fsp3) is 0.649. The third-order valence-electron chi connectivity index (χ3n) is 17.3. The number of hydrogen-bond donors (Lipinski definition) is 0. The summed E-state index contributed by atoms with van der Waals surface area (Å²) in [6.07, 6.45) is -26.6. The Bertz CT molecular complexity index is 3710. The zero-order valence-corrected chi connectivity index (χ0v) is 68.2. The highest BCUT2D eigenvalue weighted by atomic mass is 19.4. The third kappa shape index (κ3) is 32.2. The van der Waals surface area contributed by atoms with Crippen LogP contribution in [0.1, 0.15) is 151 Å². The summed E-state index contributed by atoms with van der Waals surface area (Å²) in [5.74, 6) is -2.21. The molecule has 0 spiro atoms. The van der Waals surface area contributed by atoms with Crippen molar-refractivity contribution in [3.05, 3.63) is 88.0 Å². The van der Waals surface area contributed by atoms with Gasteiger partial charge in [-0.05, 0) is 146 Å². The van der Waals surface area contributed by atoms with Crippen molar-refractivity contribution < 1.29 is 144 Å². The van der Waals surface area contributed by atoms with Crippen LogP contribution in [0.25, 0.3) is 0 Å². The Hall–Kier alpha value is -9.26. The number of rotatable bonds is 26. The number of carbonyl (C=O) groups is 9. The third-order valence-corrected chi connectivity index (χ3v) is 17.3. The maximum absolute atomic E-state index is 12.8. The van der Waals surface area contributed by atoms with E-state index in [1.165, 1.54) is 42.4 Å². The number of benzene rings is 3. The number of carbonyl (C=O) groups excluding carboxylic acids is 9. The number of esters is 5. The second-order valence-electron chi connectivity index (χ2n) is 30.2. The number of alkyl halides is 9. The van der Waals surface area contributed by atoms with Crippen LogP contribution in [0.5, 0.6) is 17.2 Å². The monoisotopic (exact) mass is 1640 g/mol. The quantitative estimate of drug-likeness (QED) is 0.0312. The minimum Gasteiger partial charge on any atom is -0.476 e. The largest absolute Gasteiger partial charge is 0.511 e. The van der Waals surface area contributed by atoms with Crippen LogP contribution in [0, 0.1) is 32.1 Å². The van der Waals surface area contributed by atoms with Crippen molar-refractivity contribution in [2.45, 2.75) is 224 Å². The molecule has 0 N–H and O–H groups in total. The van der Waals surface area contributed by atoms with Gasteiger partial charge >= 0.3 is 72.8 Å². The lowest BCUT2D eigenvalue weighted by Gasteiger charge is -2.35. The van der Waals surface area contributed by atoms with Crippen molar-refractivity contribution in [1.82, 2.24) is 29.4 Å². The molecule has 642 valence electrons. The van der Waals surface area contributed by atoms with Gasteiger partial charge in [-0.2, -0.15) is 39.5 Å². The van der Waals surface area contributed by atoms with Crippen molar-refractivity contribution in [2.24, 2.45) is 11.3 Å². The Balaban J connectivity index is 0.000000360. The number of ether oxygens (including phenoxy) is 13. The summed E-state index contributed by atoms with van der Waals surface area (Å²) in [5.41, 5.74) is 0.0285. The van der Waals surface area contributed by atoms with Crippen LogP contribution in [-0.4, -0.2) is 242 Å². The second kappa shape index (κ2) is 41.9. The lowest BCUT2D eigenvalue weighted by atomic mass is 9.98. The number of piperazine rings is 3. The van der Waals surface area contributed by atoms with Gasteiger partial charge in [0.2, 0.25) is 19.4 Å². The van der Waals surface area contributed by atoms with E-state index < -0.39 is 133 Å². The van der Waals surface area contributed by atoms with Gasteiger partial charge in [0.15, 0.2) is 35.1 Å². The molecule has 5 atom stereocenters. The van der Waals surface area contributed by atoms with Gasteiger partial charge < -0.3 is 76.3 Å². The maximum atomic E-state index is 12.8. The minimum atomic E-state index is -4.62. The summed E-state index contributed by atoms with van der Waals surface area (Å²) >= 11 is 0. The van der Waals surface area contributed by atoms with Crippen molar-refractivity contribution in [2.75, 3.05) is 91.9 Å². The van der Waals surface area contributed by atoms with Crippen molar-refractivity contribution in [3.63, 3.8) is 0 Å². The number of aryl methyl sites for hydroxylation is 3. The Morgan fingerprint density at radius 3 is 0.921 bits per heavy atom. The SMILES string of the molecule is CCOC(=O)OC(C)OC(=O)C(C)(C)Oc1cc(C)ccc1CN1CCN(C(=O)OC(C)C(F)(F)F)CC1.Cc1ccc(CN2CCN(C(=O)OC(C)C(F)(F)F)CC2)c(OC(C)(C)C(=O)OC(C)OC(=O)C(C)C)c1.Cc1ccc(CN2CCN(C(=O)OC(C)C(F)(F)F)CC2)c(OC(C)(C)C(=O)OCOC(=O)C(C)(C)C)c1. The number of amides is 3. The van der Waals surface area contributed by atoms with Gasteiger partial charge in [-0.3, -0.25) is 24.3 Å². The molecule has 3 aromatic carbocycles. The molecule has 3 aliphatic rings. The molecule has 3 aliphatic heterocycles. The Morgan fingerprint density at radius 2 is 0.649 bits per heavy atom. The molecule has 0 aliphatic carbocycles. The van der Waals surface area contributed by atoms with E-state index >= 15 is 0 Å². The Morgan fingerprint density at radius 1 is 0.368 bits per heavy atom. The molecule has 0 bridgehead atoms. The van der Waals surface area contributed by atoms with Gasteiger partial charge in [-0.25, -0.2) is 33.6 Å². The van der Waals surface area contributed by atoms with Crippen molar-refractivity contribution >= 4 is 54.3 Å². The van der Waals surface area contributed by atoms with Gasteiger partial charge in [-0.1, -0.05) is 50.2 Å². The van der Waals surface area contributed by atoms with E-state index in [0.29, 0.717) is 76.2 Å². The molecular weight excluding hydrogens is 1530 g/mol. The standard InChI is InChI=1S/2C26H37F3N2O7.C25H35F3N2O8/c1-17-8-9-19(15-30-10-12-31(13-11-30)23(34)37-18(2)26(27,28)29)20(14-17)38-25(6,7)22(33)36-16-35-21(32)24(3,4)5;1-16(2)22(32)36-19(5)37-23(33)25(6,7)38-21-14-17(3)8-9-20(21)15-30-10-12-31(13-11-30)24(34)35-18(4)26(27,28)29;1-7-34-23(33)37-18(4)36-21(31)24(5,6)38-20-14-16(2)8-9-19(20)15-29-10-12-30(13-11-29)22(32)35-17(3)25(26,27)28/h8-9,14,18H,10-13,15-16H2,1-7H3;8-9,14,16,18-19H,10-13,15H2,1-7H3;8-9,14,17-18H,7,10-13,15H2,1-6H3. The summed E-state index contributed by atoms with van der Waals surface area (Å²) in [6, 6.07) is 16.6. The molecule has 0 saturated carbocycles. The van der Waals surface area contributed by atoms with E-state index in [-0.39, 0.29) is 51.8 Å². The summed E-state index contributed by atoms with van der Waals surface area (Å²) < 4.78 is 181. The van der Waals surface area contributed by atoms with Crippen LogP contribution >= 0.6 is 0 Å². The van der Waals surface area contributed by atoms with Crippen molar-refractivity contribution in [1.29, 1.82) is 0 Å². The molecule has 5 unspecified atom stereocenters. The molecule has 6 rings (SSSR count). The minimum absolute atomic E-state index is 0.112. The lowest BCUT2D eigenvalue weighted by molar-refractivity contribution is -0.200. The van der Waals surface area contributed by atoms with Gasteiger partial charge in [0.05, 0.1) is 17.9 Å².